The molecule has 160 valence electrons. The lowest BCUT2D eigenvalue weighted by Crippen LogP contribution is -2.34. The number of ether oxygens (including phenoxy) is 1. The molecule has 2 aliphatic heterocycles. The van der Waals surface area contributed by atoms with Gasteiger partial charge in [-0.2, -0.15) is 11.8 Å². The van der Waals surface area contributed by atoms with Gasteiger partial charge in [-0.15, -0.1) is 11.3 Å². The lowest BCUT2D eigenvalue weighted by Gasteiger charge is -2.27. The number of benzene rings is 1. The molecule has 1 atom stereocenters. The summed E-state index contributed by atoms with van der Waals surface area (Å²) < 4.78 is 20.2. The monoisotopic (exact) mass is 449 g/mol. The highest BCUT2D eigenvalue weighted by atomic mass is 32.2. The number of carbonyl (C=O) groups is 2. The third-order valence-corrected chi connectivity index (χ3v) is 7.15. The molecule has 2 saturated heterocycles. The van der Waals surface area contributed by atoms with E-state index < -0.39 is 12.2 Å². The molecule has 0 spiro atoms. The molecule has 0 saturated carbocycles. The summed E-state index contributed by atoms with van der Waals surface area (Å²) in [4.78, 5) is 28.5. The molecule has 0 radical (unpaired) electrons. The smallest absolute Gasteiger partial charge is 0.414 e. The minimum Gasteiger partial charge on any atom is -0.442 e. The number of hydrogen-bond acceptors (Lipinski definition) is 6. The third-order valence-electron chi connectivity index (χ3n) is 5.13. The zero-order chi connectivity index (χ0) is 20.9. The predicted molar refractivity (Wildman–Crippen MR) is 119 cm³/mol. The summed E-state index contributed by atoms with van der Waals surface area (Å²) in [5.74, 6) is 1.67. The molecule has 6 nitrogen and oxygen atoms in total. The Kier molecular flexibility index (Phi) is 6.79. The number of rotatable bonds is 5. The molecule has 2 amide bonds. The Hall–Kier alpha value is -2.26. The highest BCUT2D eigenvalue weighted by molar-refractivity contribution is 7.99. The molecule has 1 N–H and O–H groups in total. The Morgan fingerprint density at radius 3 is 2.73 bits per heavy atom. The average Bonchev–Trinajstić information content (AvgIpc) is 3.36. The Labute approximate surface area is 183 Å². The fraction of sp³-hybridized carbons (Fsp3) is 0.429. The molecule has 0 aliphatic carbocycles. The highest BCUT2D eigenvalue weighted by Crippen LogP contribution is 2.29. The van der Waals surface area contributed by atoms with Crippen molar-refractivity contribution >= 4 is 46.5 Å². The van der Waals surface area contributed by atoms with Crippen molar-refractivity contribution in [2.24, 2.45) is 0 Å². The van der Waals surface area contributed by atoms with E-state index in [9.17, 15) is 14.0 Å². The first-order valence-corrected chi connectivity index (χ1v) is 12.1. The van der Waals surface area contributed by atoms with Crippen LogP contribution >= 0.6 is 23.1 Å². The first-order chi connectivity index (χ1) is 14.6. The van der Waals surface area contributed by atoms with E-state index in [0.29, 0.717) is 16.3 Å². The topological polar surface area (TPSA) is 61.9 Å². The van der Waals surface area contributed by atoms with Crippen LogP contribution in [-0.2, 0) is 4.74 Å². The van der Waals surface area contributed by atoms with Crippen LogP contribution in [0.2, 0.25) is 0 Å². The maximum Gasteiger partial charge on any atom is 0.414 e. The molecule has 30 heavy (non-hydrogen) atoms. The number of carbonyl (C=O) groups excluding carboxylic acids is 2. The molecule has 9 heteroatoms. The number of halogens is 1. The van der Waals surface area contributed by atoms with Gasteiger partial charge in [0.05, 0.1) is 29.3 Å². The minimum atomic E-state index is -0.527. The zero-order valence-corrected chi connectivity index (χ0v) is 18.1. The van der Waals surface area contributed by atoms with Crippen LogP contribution in [0.5, 0.6) is 0 Å². The number of nitrogens with zero attached hydrogens (tertiary/aromatic N) is 2. The van der Waals surface area contributed by atoms with Crippen LogP contribution in [0.15, 0.2) is 35.7 Å². The third kappa shape index (κ3) is 4.89. The lowest BCUT2D eigenvalue weighted by atomic mass is 10.2. The van der Waals surface area contributed by atoms with Crippen LogP contribution in [0.4, 0.5) is 20.6 Å². The van der Waals surface area contributed by atoms with Gasteiger partial charge in [-0.1, -0.05) is 6.07 Å². The van der Waals surface area contributed by atoms with Crippen LogP contribution in [0.1, 0.15) is 22.5 Å². The normalized spacial score (nSPS) is 19.9. The Morgan fingerprint density at radius 2 is 2.03 bits per heavy atom. The molecule has 1 aromatic heterocycles. The van der Waals surface area contributed by atoms with E-state index in [2.05, 4.69) is 10.2 Å². The van der Waals surface area contributed by atoms with Gasteiger partial charge in [0.25, 0.3) is 5.91 Å². The summed E-state index contributed by atoms with van der Waals surface area (Å²) in [7, 11) is 0. The van der Waals surface area contributed by atoms with Crippen LogP contribution in [-0.4, -0.2) is 55.8 Å². The molecule has 2 aliphatic rings. The van der Waals surface area contributed by atoms with Crippen molar-refractivity contribution < 1.29 is 18.7 Å². The second kappa shape index (κ2) is 9.70. The molecule has 1 aromatic carbocycles. The van der Waals surface area contributed by atoms with Crippen molar-refractivity contribution in [3.05, 3.63) is 46.4 Å². The predicted octanol–water partition coefficient (Wildman–Crippen LogP) is 3.98. The summed E-state index contributed by atoms with van der Waals surface area (Å²) in [6, 6.07) is 8.46. The van der Waals surface area contributed by atoms with Crippen molar-refractivity contribution in [3.8, 4) is 0 Å². The van der Waals surface area contributed by atoms with Gasteiger partial charge < -0.3 is 15.0 Å². The molecular weight excluding hydrogens is 425 g/mol. The van der Waals surface area contributed by atoms with Gasteiger partial charge >= 0.3 is 6.09 Å². The van der Waals surface area contributed by atoms with Gasteiger partial charge in [-0.05, 0) is 54.0 Å². The molecule has 0 bridgehead atoms. The largest absolute Gasteiger partial charge is 0.442 e. The quantitative estimate of drug-likeness (QED) is 0.748. The summed E-state index contributed by atoms with van der Waals surface area (Å²) in [5, 5.41) is 4.61. The number of amides is 2. The van der Waals surface area contributed by atoms with Gasteiger partial charge in [-0.3, -0.25) is 9.69 Å². The SMILES string of the molecule is O=C(NCC1CN(c2ccc(N3CCCSCCC3)c(F)c2)C(=O)O1)c1cccs1. The molecule has 1 unspecified atom stereocenters. The van der Waals surface area contributed by atoms with Crippen molar-refractivity contribution in [2.75, 3.05) is 47.5 Å². The second-order valence-electron chi connectivity index (χ2n) is 7.25. The Bertz CT molecular complexity index is 886. The van der Waals surface area contributed by atoms with Crippen LogP contribution in [0, 0.1) is 5.82 Å². The van der Waals surface area contributed by atoms with Crippen molar-refractivity contribution in [1.29, 1.82) is 0 Å². The highest BCUT2D eigenvalue weighted by Gasteiger charge is 2.33. The van der Waals surface area contributed by atoms with Gasteiger partial charge in [0.1, 0.15) is 11.9 Å². The minimum absolute atomic E-state index is 0.193. The lowest BCUT2D eigenvalue weighted by molar-refractivity contribution is 0.0920. The number of cyclic esters (lactones) is 1. The number of hydrogen-bond donors (Lipinski definition) is 1. The molecule has 3 heterocycles. The summed E-state index contributed by atoms with van der Waals surface area (Å²) in [5.41, 5.74) is 1.05. The van der Waals surface area contributed by atoms with Gasteiger partial charge in [0.2, 0.25) is 0 Å². The van der Waals surface area contributed by atoms with Crippen molar-refractivity contribution in [3.63, 3.8) is 0 Å². The summed E-state index contributed by atoms with van der Waals surface area (Å²) >= 11 is 3.30. The van der Waals surface area contributed by atoms with E-state index in [1.165, 1.54) is 22.3 Å². The van der Waals surface area contributed by atoms with Gasteiger partial charge in [0.15, 0.2) is 0 Å². The molecule has 2 fully saturated rings. The zero-order valence-electron chi connectivity index (χ0n) is 16.5. The molecular formula is C21H24FN3O3S2. The van der Waals surface area contributed by atoms with Crippen LogP contribution in [0.25, 0.3) is 0 Å². The van der Waals surface area contributed by atoms with E-state index >= 15 is 0 Å². The maximum atomic E-state index is 14.9. The Morgan fingerprint density at radius 1 is 1.23 bits per heavy atom. The van der Waals surface area contributed by atoms with Crippen molar-refractivity contribution in [2.45, 2.75) is 18.9 Å². The fourth-order valence-corrected chi connectivity index (χ4v) is 5.14. The van der Waals surface area contributed by atoms with E-state index in [1.807, 2.05) is 17.1 Å². The standard InChI is InChI=1S/C21H24FN3O3S2/c22-17-12-15(5-6-18(17)24-7-2-9-29-10-3-8-24)25-14-16(28-21(25)27)13-23-20(26)19-4-1-11-30-19/h1,4-6,11-12,16H,2-3,7-10,13-14H2,(H,23,26). The molecule has 2 aromatic rings. The second-order valence-corrected chi connectivity index (χ2v) is 9.42. The van der Waals surface area contributed by atoms with Crippen molar-refractivity contribution in [1.82, 2.24) is 5.32 Å². The summed E-state index contributed by atoms with van der Waals surface area (Å²) in [6.07, 6.45) is 1.06. The first kappa shape index (κ1) is 21.0. The number of thioether (sulfide) groups is 1. The van der Waals surface area contributed by atoms with Gasteiger partial charge in [-0.25, -0.2) is 9.18 Å². The fourth-order valence-electron chi connectivity index (χ4n) is 3.63. The van der Waals surface area contributed by atoms with E-state index in [4.69, 9.17) is 4.74 Å². The summed E-state index contributed by atoms with van der Waals surface area (Å²) in [6.45, 7) is 2.15. The molecule has 4 rings (SSSR count). The van der Waals surface area contributed by atoms with Crippen LogP contribution < -0.4 is 15.1 Å². The average molecular weight is 450 g/mol. The maximum absolute atomic E-state index is 14.9. The number of nitrogens with one attached hydrogen (secondary N) is 1. The first-order valence-electron chi connectivity index (χ1n) is 10.0. The Balaban J connectivity index is 1.38. The van der Waals surface area contributed by atoms with E-state index in [-0.39, 0.29) is 24.8 Å². The van der Waals surface area contributed by atoms with Gasteiger partial charge in [0, 0.05) is 13.1 Å². The number of anilines is 2. The van der Waals surface area contributed by atoms with Crippen LogP contribution in [0.3, 0.4) is 0 Å². The van der Waals surface area contributed by atoms with E-state index in [0.717, 1.165) is 37.4 Å². The number of thiophene rings is 1. The van der Waals surface area contributed by atoms with E-state index in [1.54, 1.807) is 24.3 Å².